The third kappa shape index (κ3) is 3.67. The second kappa shape index (κ2) is 6.50. The van der Waals surface area contributed by atoms with Gasteiger partial charge >= 0.3 is 0 Å². The van der Waals surface area contributed by atoms with Crippen molar-refractivity contribution in [2.45, 2.75) is 18.7 Å². The number of nitrogens with one attached hydrogen (secondary N) is 1. The molecule has 22 heavy (non-hydrogen) atoms. The average Bonchev–Trinajstić information content (AvgIpc) is 2.45. The van der Waals surface area contributed by atoms with Gasteiger partial charge in [0.1, 0.15) is 0 Å². The molecule has 0 aliphatic carbocycles. The quantitative estimate of drug-likeness (QED) is 0.889. The van der Waals surface area contributed by atoms with Crippen LogP contribution in [0.15, 0.2) is 41.3 Å². The summed E-state index contributed by atoms with van der Waals surface area (Å²) in [5.41, 5.74) is 4.80. The second-order valence-electron chi connectivity index (χ2n) is 5.45. The number of rotatable bonds is 5. The molecule has 0 saturated carbocycles. The molecule has 0 heterocycles. The molecule has 2 aromatic rings. The van der Waals surface area contributed by atoms with Crippen LogP contribution in [-0.4, -0.2) is 32.9 Å². The lowest BCUT2D eigenvalue weighted by Gasteiger charge is -2.15. The first-order valence-corrected chi connectivity index (χ1v) is 8.98. The van der Waals surface area contributed by atoms with Gasteiger partial charge in [-0.25, -0.2) is 8.42 Å². The van der Waals surface area contributed by atoms with E-state index in [1.165, 1.54) is 6.26 Å². The van der Waals surface area contributed by atoms with Gasteiger partial charge < -0.3 is 10.4 Å². The van der Waals surface area contributed by atoms with Gasteiger partial charge in [-0.3, -0.25) is 0 Å². The standard InChI is InChI=1S/C17H21NO3S/c1-12-4-7-17(18-8-9-19)16(10-12)15-11-14(22(3,20)21)6-5-13(15)2/h4-7,10-11,18-19H,8-9H2,1-3H3. The Morgan fingerprint density at radius 1 is 1.05 bits per heavy atom. The van der Waals surface area contributed by atoms with E-state index in [-0.39, 0.29) is 6.61 Å². The number of anilines is 1. The first kappa shape index (κ1) is 16.5. The molecule has 0 atom stereocenters. The number of benzene rings is 2. The molecule has 0 bridgehead atoms. The number of aliphatic hydroxyl groups is 1. The molecule has 118 valence electrons. The second-order valence-corrected chi connectivity index (χ2v) is 7.46. The fraction of sp³-hybridized carbons (Fsp3) is 0.294. The normalized spacial score (nSPS) is 11.5. The highest BCUT2D eigenvalue weighted by molar-refractivity contribution is 7.90. The Morgan fingerprint density at radius 3 is 2.41 bits per heavy atom. The highest BCUT2D eigenvalue weighted by atomic mass is 32.2. The summed E-state index contributed by atoms with van der Waals surface area (Å²) in [6, 6.07) is 11.1. The minimum atomic E-state index is -3.25. The SMILES string of the molecule is Cc1ccc(NCCO)c(-c2cc(S(C)(=O)=O)ccc2C)c1. The summed E-state index contributed by atoms with van der Waals surface area (Å²) in [7, 11) is -3.25. The number of aryl methyl sites for hydroxylation is 2. The molecule has 4 nitrogen and oxygen atoms in total. The Hall–Kier alpha value is -1.85. The largest absolute Gasteiger partial charge is 0.395 e. The molecule has 2 aromatic carbocycles. The summed E-state index contributed by atoms with van der Waals surface area (Å²) in [6.07, 6.45) is 1.21. The van der Waals surface area contributed by atoms with Gasteiger partial charge in [0.05, 0.1) is 11.5 Å². The van der Waals surface area contributed by atoms with Crippen molar-refractivity contribution in [1.82, 2.24) is 0 Å². The zero-order chi connectivity index (χ0) is 16.3. The zero-order valence-electron chi connectivity index (χ0n) is 13.1. The topological polar surface area (TPSA) is 66.4 Å². The van der Waals surface area contributed by atoms with Gasteiger partial charge in [-0.2, -0.15) is 0 Å². The Bertz CT molecular complexity index is 782. The van der Waals surface area contributed by atoms with Crippen LogP contribution in [0.25, 0.3) is 11.1 Å². The van der Waals surface area contributed by atoms with Crippen LogP contribution in [0, 0.1) is 13.8 Å². The van der Waals surface area contributed by atoms with E-state index < -0.39 is 9.84 Å². The van der Waals surface area contributed by atoms with Crippen molar-refractivity contribution in [3.05, 3.63) is 47.5 Å². The highest BCUT2D eigenvalue weighted by Gasteiger charge is 2.13. The maximum Gasteiger partial charge on any atom is 0.175 e. The predicted molar refractivity (Wildman–Crippen MR) is 90.0 cm³/mol. The molecule has 2 N–H and O–H groups in total. The Kier molecular flexibility index (Phi) is 4.88. The molecule has 0 aliphatic rings. The van der Waals surface area contributed by atoms with Gasteiger partial charge in [-0.05, 0) is 49.2 Å². The summed E-state index contributed by atoms with van der Waals surface area (Å²) in [4.78, 5) is 0.308. The lowest BCUT2D eigenvalue weighted by atomic mass is 9.97. The van der Waals surface area contributed by atoms with E-state index in [9.17, 15) is 8.42 Å². The van der Waals surface area contributed by atoms with Gasteiger partial charge in [0.2, 0.25) is 0 Å². The zero-order valence-corrected chi connectivity index (χ0v) is 13.9. The Labute approximate surface area is 131 Å². The number of sulfone groups is 1. The van der Waals surface area contributed by atoms with Crippen molar-refractivity contribution < 1.29 is 13.5 Å². The van der Waals surface area contributed by atoms with Gasteiger partial charge in [-0.1, -0.05) is 17.7 Å². The monoisotopic (exact) mass is 319 g/mol. The van der Waals surface area contributed by atoms with Crippen molar-refractivity contribution in [2.75, 3.05) is 24.7 Å². The first-order valence-electron chi connectivity index (χ1n) is 7.09. The highest BCUT2D eigenvalue weighted by Crippen LogP contribution is 2.33. The maximum absolute atomic E-state index is 11.8. The summed E-state index contributed by atoms with van der Waals surface area (Å²) in [5, 5.41) is 12.2. The fourth-order valence-corrected chi connectivity index (χ4v) is 2.99. The summed E-state index contributed by atoms with van der Waals surface area (Å²) in [5.74, 6) is 0. The lowest BCUT2D eigenvalue weighted by molar-refractivity contribution is 0.311. The molecular formula is C17H21NO3S. The number of aliphatic hydroxyl groups excluding tert-OH is 1. The van der Waals surface area contributed by atoms with E-state index in [4.69, 9.17) is 5.11 Å². The number of hydrogen-bond donors (Lipinski definition) is 2. The molecule has 0 radical (unpaired) electrons. The molecule has 0 aliphatic heterocycles. The fourth-order valence-electron chi connectivity index (χ4n) is 2.35. The van der Waals surface area contributed by atoms with E-state index in [0.717, 1.165) is 27.9 Å². The predicted octanol–water partition coefficient (Wildman–Crippen LogP) is 2.78. The van der Waals surface area contributed by atoms with Crippen LogP contribution in [0.4, 0.5) is 5.69 Å². The smallest absolute Gasteiger partial charge is 0.175 e. The van der Waals surface area contributed by atoms with Crippen LogP contribution >= 0.6 is 0 Å². The molecule has 0 fully saturated rings. The van der Waals surface area contributed by atoms with Crippen molar-refractivity contribution in [3.63, 3.8) is 0 Å². The molecule has 0 saturated heterocycles. The van der Waals surface area contributed by atoms with Crippen molar-refractivity contribution in [3.8, 4) is 11.1 Å². The van der Waals surface area contributed by atoms with Crippen LogP contribution in [0.2, 0.25) is 0 Å². The van der Waals surface area contributed by atoms with E-state index in [1.54, 1.807) is 12.1 Å². The van der Waals surface area contributed by atoms with Crippen LogP contribution in [0.1, 0.15) is 11.1 Å². The maximum atomic E-state index is 11.8. The molecule has 5 heteroatoms. The van der Waals surface area contributed by atoms with Gasteiger partial charge in [0.25, 0.3) is 0 Å². The van der Waals surface area contributed by atoms with Crippen molar-refractivity contribution in [2.24, 2.45) is 0 Å². The van der Waals surface area contributed by atoms with Crippen LogP contribution in [0.3, 0.4) is 0 Å². The van der Waals surface area contributed by atoms with Crippen LogP contribution in [0.5, 0.6) is 0 Å². The Morgan fingerprint density at radius 2 is 1.77 bits per heavy atom. The van der Waals surface area contributed by atoms with Gasteiger partial charge in [0.15, 0.2) is 9.84 Å². The third-order valence-corrected chi connectivity index (χ3v) is 4.64. The summed E-state index contributed by atoms with van der Waals surface area (Å²) >= 11 is 0. The first-order chi connectivity index (χ1) is 10.3. The van der Waals surface area contributed by atoms with E-state index in [1.807, 2.05) is 38.1 Å². The van der Waals surface area contributed by atoms with E-state index in [0.29, 0.717) is 11.4 Å². The van der Waals surface area contributed by atoms with Gasteiger partial charge in [0, 0.05) is 24.1 Å². The van der Waals surface area contributed by atoms with Gasteiger partial charge in [-0.15, -0.1) is 0 Å². The molecule has 0 spiro atoms. The van der Waals surface area contributed by atoms with E-state index in [2.05, 4.69) is 5.32 Å². The van der Waals surface area contributed by atoms with Crippen molar-refractivity contribution >= 4 is 15.5 Å². The molecule has 2 rings (SSSR count). The minimum absolute atomic E-state index is 0.0374. The number of hydrogen-bond acceptors (Lipinski definition) is 4. The summed E-state index contributed by atoms with van der Waals surface area (Å²) < 4.78 is 23.6. The molecule has 0 amide bonds. The molecular weight excluding hydrogens is 298 g/mol. The van der Waals surface area contributed by atoms with E-state index >= 15 is 0 Å². The average molecular weight is 319 g/mol. The van der Waals surface area contributed by atoms with Crippen LogP contribution < -0.4 is 5.32 Å². The molecule has 0 unspecified atom stereocenters. The Balaban J connectivity index is 2.62. The minimum Gasteiger partial charge on any atom is -0.395 e. The van der Waals surface area contributed by atoms with Crippen molar-refractivity contribution in [1.29, 1.82) is 0 Å². The summed E-state index contributed by atoms with van der Waals surface area (Å²) in [6.45, 7) is 4.44. The molecule has 0 aromatic heterocycles. The van der Waals surface area contributed by atoms with Crippen LogP contribution in [-0.2, 0) is 9.84 Å². The third-order valence-electron chi connectivity index (χ3n) is 3.53. The lowest BCUT2D eigenvalue weighted by Crippen LogP contribution is -2.07.